The van der Waals surface area contributed by atoms with Gasteiger partial charge in [0.2, 0.25) is 0 Å². The molecular formula is C21H26O3. The highest BCUT2D eigenvalue weighted by atomic mass is 16.5. The van der Waals surface area contributed by atoms with E-state index in [4.69, 9.17) is 9.15 Å². The number of rotatable bonds is 1. The van der Waals surface area contributed by atoms with Gasteiger partial charge in [-0.05, 0) is 79.7 Å². The van der Waals surface area contributed by atoms with Crippen LogP contribution in [-0.4, -0.2) is 13.1 Å². The topological polar surface area (TPSA) is 39.4 Å². The van der Waals surface area contributed by atoms with E-state index in [9.17, 15) is 4.79 Å². The zero-order valence-corrected chi connectivity index (χ0v) is 15.1. The Labute approximate surface area is 143 Å². The summed E-state index contributed by atoms with van der Waals surface area (Å²) < 4.78 is 10.9. The fourth-order valence-corrected chi connectivity index (χ4v) is 5.76. The molecule has 0 N–H and O–H groups in total. The number of esters is 1. The third-order valence-electron chi connectivity index (χ3n) is 7.03. The summed E-state index contributed by atoms with van der Waals surface area (Å²) >= 11 is 0. The molecule has 1 aromatic carbocycles. The summed E-state index contributed by atoms with van der Waals surface area (Å²) in [4.78, 5) is 12.6. The van der Waals surface area contributed by atoms with Gasteiger partial charge in [0.25, 0.3) is 0 Å². The number of ether oxygens (including phenoxy) is 1. The molecule has 2 aromatic rings. The maximum Gasteiger partial charge on any atom is 0.311 e. The Morgan fingerprint density at radius 1 is 1.33 bits per heavy atom. The van der Waals surface area contributed by atoms with Crippen LogP contribution in [0.5, 0.6) is 0 Å². The fourth-order valence-electron chi connectivity index (χ4n) is 5.76. The molecule has 3 heteroatoms. The van der Waals surface area contributed by atoms with E-state index in [0.717, 1.165) is 37.7 Å². The maximum absolute atomic E-state index is 12.6. The number of carbonyl (C=O) groups excluding carboxylic acids is 1. The Morgan fingerprint density at radius 3 is 2.88 bits per heavy atom. The standard InChI is InChI=1S/C21H26O3/c1-13-14-6-7-18-20(2,9-5-10-21(18,3)19(22)23-4)16(14)12-17-15(13)8-11-24-17/h8,11-12,18H,5-7,9-10H2,1-4H3. The largest absolute Gasteiger partial charge is 0.469 e. The molecule has 3 atom stereocenters. The van der Waals surface area contributed by atoms with Gasteiger partial charge in [0.1, 0.15) is 5.58 Å². The van der Waals surface area contributed by atoms with Crippen molar-refractivity contribution in [2.24, 2.45) is 11.3 Å². The summed E-state index contributed by atoms with van der Waals surface area (Å²) in [6.07, 6.45) is 6.99. The average Bonchev–Trinajstić information content (AvgIpc) is 3.03. The minimum Gasteiger partial charge on any atom is -0.469 e. The first-order valence-corrected chi connectivity index (χ1v) is 9.00. The molecule has 0 amide bonds. The minimum atomic E-state index is -0.383. The van der Waals surface area contributed by atoms with Crippen LogP contribution in [0.4, 0.5) is 0 Å². The van der Waals surface area contributed by atoms with Crippen LogP contribution in [0.2, 0.25) is 0 Å². The molecule has 1 aromatic heterocycles. The van der Waals surface area contributed by atoms with Crippen molar-refractivity contribution in [3.05, 3.63) is 35.1 Å². The minimum absolute atomic E-state index is 0.0144. The number of benzene rings is 1. The van der Waals surface area contributed by atoms with Crippen LogP contribution in [0.25, 0.3) is 11.0 Å². The third-order valence-corrected chi connectivity index (χ3v) is 7.03. The highest BCUT2D eigenvalue weighted by Gasteiger charge is 2.55. The monoisotopic (exact) mass is 326 g/mol. The molecule has 1 fully saturated rings. The Bertz CT molecular complexity index is 818. The molecule has 24 heavy (non-hydrogen) atoms. The van der Waals surface area contributed by atoms with Crippen molar-refractivity contribution in [2.45, 2.75) is 58.3 Å². The van der Waals surface area contributed by atoms with E-state index >= 15 is 0 Å². The summed E-state index contributed by atoms with van der Waals surface area (Å²) in [5.41, 5.74) is 4.82. The van der Waals surface area contributed by atoms with Crippen LogP contribution in [0.15, 0.2) is 22.8 Å². The Balaban J connectivity index is 1.91. The van der Waals surface area contributed by atoms with Crippen molar-refractivity contribution in [1.29, 1.82) is 0 Å². The quantitative estimate of drug-likeness (QED) is 0.698. The normalized spacial score (nSPS) is 32.2. The van der Waals surface area contributed by atoms with Crippen molar-refractivity contribution in [3.8, 4) is 0 Å². The van der Waals surface area contributed by atoms with Crippen molar-refractivity contribution < 1.29 is 13.9 Å². The number of fused-ring (bicyclic) bond motifs is 4. The molecule has 0 bridgehead atoms. The summed E-state index contributed by atoms with van der Waals surface area (Å²) in [6.45, 7) is 6.68. The molecule has 2 aliphatic rings. The summed E-state index contributed by atoms with van der Waals surface area (Å²) in [7, 11) is 1.52. The maximum atomic E-state index is 12.6. The van der Waals surface area contributed by atoms with Gasteiger partial charge in [0.15, 0.2) is 0 Å². The highest BCUT2D eigenvalue weighted by molar-refractivity contribution is 5.84. The molecule has 4 rings (SSSR count). The van der Waals surface area contributed by atoms with Gasteiger partial charge in [0, 0.05) is 5.39 Å². The molecule has 128 valence electrons. The average molecular weight is 326 g/mol. The van der Waals surface area contributed by atoms with Crippen LogP contribution in [0.3, 0.4) is 0 Å². The van der Waals surface area contributed by atoms with Gasteiger partial charge in [-0.2, -0.15) is 0 Å². The second-order valence-electron chi connectivity index (χ2n) is 8.13. The summed E-state index contributed by atoms with van der Waals surface area (Å²) in [6, 6.07) is 4.31. The van der Waals surface area contributed by atoms with Crippen molar-refractivity contribution in [1.82, 2.24) is 0 Å². The lowest BCUT2D eigenvalue weighted by molar-refractivity contribution is -0.161. The lowest BCUT2D eigenvalue weighted by atomic mass is 9.49. The molecule has 3 unspecified atom stereocenters. The SMILES string of the molecule is COC(=O)C1(C)CCCC2(C)c3cc4occc4c(C)c3CCC12. The van der Waals surface area contributed by atoms with E-state index in [2.05, 4.69) is 32.9 Å². The number of hydrogen-bond donors (Lipinski definition) is 0. The van der Waals surface area contributed by atoms with E-state index in [-0.39, 0.29) is 16.8 Å². The van der Waals surface area contributed by atoms with Gasteiger partial charge in [-0.1, -0.05) is 13.3 Å². The van der Waals surface area contributed by atoms with Gasteiger partial charge in [0.05, 0.1) is 18.8 Å². The second kappa shape index (κ2) is 5.11. The Kier molecular flexibility index (Phi) is 3.35. The zero-order chi connectivity index (χ0) is 17.1. The predicted molar refractivity (Wildman–Crippen MR) is 94.1 cm³/mol. The molecule has 0 radical (unpaired) electrons. The summed E-state index contributed by atoms with van der Waals surface area (Å²) in [5, 5.41) is 1.22. The third kappa shape index (κ3) is 1.87. The van der Waals surface area contributed by atoms with Gasteiger partial charge in [-0.15, -0.1) is 0 Å². The molecule has 1 saturated carbocycles. The van der Waals surface area contributed by atoms with Crippen LogP contribution >= 0.6 is 0 Å². The molecular weight excluding hydrogens is 300 g/mol. The van der Waals surface area contributed by atoms with Gasteiger partial charge < -0.3 is 9.15 Å². The van der Waals surface area contributed by atoms with Gasteiger partial charge in [-0.25, -0.2) is 0 Å². The van der Waals surface area contributed by atoms with Crippen LogP contribution < -0.4 is 0 Å². The van der Waals surface area contributed by atoms with E-state index in [0.29, 0.717) is 5.92 Å². The lowest BCUT2D eigenvalue weighted by Gasteiger charge is -2.54. The van der Waals surface area contributed by atoms with Crippen LogP contribution in [0, 0.1) is 18.3 Å². The molecule has 2 aliphatic carbocycles. The Hall–Kier alpha value is -1.77. The lowest BCUT2D eigenvalue weighted by Crippen LogP contribution is -2.52. The Morgan fingerprint density at radius 2 is 2.12 bits per heavy atom. The van der Waals surface area contributed by atoms with Crippen molar-refractivity contribution in [3.63, 3.8) is 0 Å². The molecule has 1 heterocycles. The second-order valence-corrected chi connectivity index (χ2v) is 8.13. The first kappa shape index (κ1) is 15.7. The van der Waals surface area contributed by atoms with Crippen LogP contribution in [-0.2, 0) is 21.4 Å². The first-order chi connectivity index (χ1) is 11.4. The number of methoxy groups -OCH3 is 1. The van der Waals surface area contributed by atoms with E-state index in [1.165, 1.54) is 29.2 Å². The molecule has 0 spiro atoms. The van der Waals surface area contributed by atoms with E-state index in [1.54, 1.807) is 6.26 Å². The van der Waals surface area contributed by atoms with E-state index in [1.807, 2.05) is 0 Å². The number of hydrogen-bond acceptors (Lipinski definition) is 3. The highest BCUT2D eigenvalue weighted by Crippen LogP contribution is 2.58. The smallest absolute Gasteiger partial charge is 0.311 e. The first-order valence-electron chi connectivity index (χ1n) is 9.00. The molecule has 0 aliphatic heterocycles. The predicted octanol–water partition coefficient (Wildman–Crippen LogP) is 4.92. The van der Waals surface area contributed by atoms with Crippen LogP contribution in [0.1, 0.15) is 56.2 Å². The molecule has 0 saturated heterocycles. The number of carbonyl (C=O) groups is 1. The summed E-state index contributed by atoms with van der Waals surface area (Å²) in [5.74, 6) is 0.281. The van der Waals surface area contributed by atoms with Crippen molar-refractivity contribution >= 4 is 16.9 Å². The molecule has 3 nitrogen and oxygen atoms in total. The van der Waals surface area contributed by atoms with Gasteiger partial charge >= 0.3 is 5.97 Å². The van der Waals surface area contributed by atoms with Crippen molar-refractivity contribution in [2.75, 3.05) is 7.11 Å². The van der Waals surface area contributed by atoms with Gasteiger partial charge in [-0.3, -0.25) is 4.79 Å². The van der Waals surface area contributed by atoms with E-state index < -0.39 is 0 Å². The number of aryl methyl sites for hydroxylation is 1. The fraction of sp³-hybridized carbons (Fsp3) is 0.571. The zero-order valence-electron chi connectivity index (χ0n) is 15.1. The number of furan rings is 1.